The summed E-state index contributed by atoms with van der Waals surface area (Å²) in [4.78, 5) is 0. The van der Waals surface area contributed by atoms with Gasteiger partial charge in [0.15, 0.2) is 0 Å². The summed E-state index contributed by atoms with van der Waals surface area (Å²) in [5.41, 5.74) is 0.822. The van der Waals surface area contributed by atoms with E-state index >= 15 is 0 Å². The van der Waals surface area contributed by atoms with Gasteiger partial charge in [-0.05, 0) is 31.3 Å². The summed E-state index contributed by atoms with van der Waals surface area (Å²) in [6, 6.07) is 0. The largest absolute Gasteiger partial charge is 0.383 e. The topological polar surface area (TPSA) is 32.3 Å². The molecule has 0 spiro atoms. The highest BCUT2D eigenvalue weighted by atomic mass is 16.3. The zero-order valence-corrected chi connectivity index (χ0v) is 8.18. The fourth-order valence-corrected chi connectivity index (χ4v) is 2.20. The van der Waals surface area contributed by atoms with Crippen LogP contribution in [0.25, 0.3) is 0 Å². The Morgan fingerprint density at radius 2 is 1.92 bits per heavy atom. The van der Waals surface area contributed by atoms with Gasteiger partial charge in [0.25, 0.3) is 0 Å². The maximum atomic E-state index is 10.1. The van der Waals surface area contributed by atoms with Gasteiger partial charge in [0.2, 0.25) is 0 Å². The quantitative estimate of drug-likeness (QED) is 0.602. The second-order valence-corrected chi connectivity index (χ2v) is 4.32. The van der Waals surface area contributed by atoms with Gasteiger partial charge in [-0.1, -0.05) is 18.9 Å². The first-order chi connectivity index (χ1) is 6.31. The van der Waals surface area contributed by atoms with Crippen molar-refractivity contribution in [1.29, 1.82) is 0 Å². The SMILES string of the molecule is OC1(C2=CCCCCCC2)CNC1. The molecule has 1 saturated heterocycles. The Labute approximate surface area is 80.0 Å². The van der Waals surface area contributed by atoms with Crippen LogP contribution < -0.4 is 5.32 Å². The van der Waals surface area contributed by atoms with Crippen molar-refractivity contribution in [2.45, 2.75) is 44.1 Å². The summed E-state index contributed by atoms with van der Waals surface area (Å²) >= 11 is 0. The zero-order chi connectivity index (χ0) is 9.15. The summed E-state index contributed by atoms with van der Waals surface area (Å²) in [5.74, 6) is 0. The first-order valence-electron chi connectivity index (χ1n) is 5.44. The number of rotatable bonds is 1. The molecule has 0 bridgehead atoms. The Bertz CT molecular complexity index is 206. The maximum absolute atomic E-state index is 10.1. The summed E-state index contributed by atoms with van der Waals surface area (Å²) in [6.45, 7) is 1.53. The molecule has 13 heavy (non-hydrogen) atoms. The number of hydrogen-bond acceptors (Lipinski definition) is 2. The van der Waals surface area contributed by atoms with Crippen molar-refractivity contribution in [3.63, 3.8) is 0 Å². The smallest absolute Gasteiger partial charge is 0.110 e. The molecule has 2 aliphatic rings. The molecule has 1 fully saturated rings. The molecule has 2 rings (SSSR count). The Kier molecular flexibility index (Phi) is 2.70. The minimum Gasteiger partial charge on any atom is -0.383 e. The van der Waals surface area contributed by atoms with E-state index in [1.54, 1.807) is 0 Å². The van der Waals surface area contributed by atoms with Crippen LogP contribution in [-0.2, 0) is 0 Å². The Morgan fingerprint density at radius 3 is 2.62 bits per heavy atom. The van der Waals surface area contributed by atoms with Crippen LogP contribution in [0, 0.1) is 0 Å². The van der Waals surface area contributed by atoms with E-state index in [0.29, 0.717) is 0 Å². The highest BCUT2D eigenvalue weighted by Gasteiger charge is 2.37. The lowest BCUT2D eigenvalue weighted by Gasteiger charge is -2.40. The standard InChI is InChI=1S/C11H19NO/c13-11(8-12-9-11)10-6-4-2-1-3-5-7-10/h6,12-13H,1-5,7-9H2. The van der Waals surface area contributed by atoms with Crippen molar-refractivity contribution in [3.8, 4) is 0 Å². The van der Waals surface area contributed by atoms with Gasteiger partial charge in [-0.15, -0.1) is 0 Å². The third-order valence-corrected chi connectivity index (χ3v) is 3.22. The molecule has 2 N–H and O–H groups in total. The summed E-state index contributed by atoms with van der Waals surface area (Å²) < 4.78 is 0. The average Bonchev–Trinajstić information content (AvgIpc) is 1.99. The van der Waals surface area contributed by atoms with Crippen molar-refractivity contribution in [1.82, 2.24) is 5.32 Å². The van der Waals surface area contributed by atoms with Gasteiger partial charge in [-0.25, -0.2) is 0 Å². The molecular weight excluding hydrogens is 162 g/mol. The van der Waals surface area contributed by atoms with Crippen LogP contribution in [0.1, 0.15) is 38.5 Å². The van der Waals surface area contributed by atoms with Gasteiger partial charge in [0.05, 0.1) is 0 Å². The predicted octanol–water partition coefficient (Wildman–Crippen LogP) is 1.60. The second-order valence-electron chi connectivity index (χ2n) is 4.32. The van der Waals surface area contributed by atoms with Crippen LogP contribution in [0.3, 0.4) is 0 Å². The van der Waals surface area contributed by atoms with Gasteiger partial charge >= 0.3 is 0 Å². The lowest BCUT2D eigenvalue weighted by molar-refractivity contribution is 0.0220. The molecule has 0 amide bonds. The lowest BCUT2D eigenvalue weighted by Crippen LogP contribution is -2.60. The van der Waals surface area contributed by atoms with Crippen molar-refractivity contribution < 1.29 is 5.11 Å². The first kappa shape index (κ1) is 9.22. The molecule has 2 heteroatoms. The molecular formula is C11H19NO. The molecule has 74 valence electrons. The predicted molar refractivity (Wildman–Crippen MR) is 53.6 cm³/mol. The molecule has 0 radical (unpaired) electrons. The summed E-state index contributed by atoms with van der Waals surface area (Å²) in [6.07, 6.45) is 9.80. The normalized spacial score (nSPS) is 28.2. The van der Waals surface area contributed by atoms with Crippen molar-refractivity contribution in [3.05, 3.63) is 11.6 Å². The molecule has 0 atom stereocenters. The van der Waals surface area contributed by atoms with Gasteiger partial charge in [-0.3, -0.25) is 0 Å². The van der Waals surface area contributed by atoms with Crippen LogP contribution >= 0.6 is 0 Å². The van der Waals surface area contributed by atoms with Crippen LogP contribution in [0.2, 0.25) is 0 Å². The van der Waals surface area contributed by atoms with Crippen molar-refractivity contribution in [2.75, 3.05) is 13.1 Å². The fraction of sp³-hybridized carbons (Fsp3) is 0.818. The van der Waals surface area contributed by atoms with E-state index in [0.717, 1.165) is 25.9 Å². The molecule has 0 saturated carbocycles. The number of allylic oxidation sites excluding steroid dienone is 1. The molecule has 1 aliphatic carbocycles. The monoisotopic (exact) mass is 181 g/mol. The van der Waals surface area contributed by atoms with E-state index < -0.39 is 5.60 Å². The van der Waals surface area contributed by atoms with E-state index in [2.05, 4.69) is 11.4 Å². The Balaban J connectivity index is 2.01. The molecule has 0 aromatic rings. The second kappa shape index (κ2) is 3.81. The molecule has 2 nitrogen and oxygen atoms in total. The number of nitrogens with one attached hydrogen (secondary N) is 1. The third kappa shape index (κ3) is 1.94. The molecule has 0 unspecified atom stereocenters. The van der Waals surface area contributed by atoms with Crippen molar-refractivity contribution >= 4 is 0 Å². The Morgan fingerprint density at radius 1 is 1.15 bits per heavy atom. The Hall–Kier alpha value is -0.340. The zero-order valence-electron chi connectivity index (χ0n) is 8.18. The summed E-state index contributed by atoms with van der Waals surface area (Å²) in [5, 5.41) is 13.3. The molecule has 1 heterocycles. The first-order valence-corrected chi connectivity index (χ1v) is 5.44. The number of β-amino-alcohol motifs (C(OH)–C–C–N with tert-alkyl or cyclic N) is 1. The minimum absolute atomic E-state index is 0.475. The van der Waals surface area contributed by atoms with Crippen molar-refractivity contribution in [2.24, 2.45) is 0 Å². The van der Waals surface area contributed by atoms with Gasteiger partial charge in [-0.2, -0.15) is 0 Å². The average molecular weight is 181 g/mol. The van der Waals surface area contributed by atoms with E-state index in [4.69, 9.17) is 0 Å². The fourth-order valence-electron chi connectivity index (χ4n) is 2.20. The van der Waals surface area contributed by atoms with E-state index in [1.165, 1.54) is 31.3 Å². The lowest BCUT2D eigenvalue weighted by atomic mass is 9.83. The minimum atomic E-state index is -0.475. The van der Waals surface area contributed by atoms with Gasteiger partial charge in [0, 0.05) is 13.1 Å². The maximum Gasteiger partial charge on any atom is 0.110 e. The molecule has 1 aliphatic heterocycles. The van der Waals surface area contributed by atoms with E-state index in [9.17, 15) is 5.11 Å². The highest BCUT2D eigenvalue weighted by Crippen LogP contribution is 2.28. The van der Waals surface area contributed by atoms with Crippen LogP contribution in [0.5, 0.6) is 0 Å². The van der Waals surface area contributed by atoms with Crippen LogP contribution in [0.4, 0.5) is 0 Å². The molecule has 0 aromatic heterocycles. The van der Waals surface area contributed by atoms with Crippen LogP contribution in [-0.4, -0.2) is 23.8 Å². The number of hydrogen-bond donors (Lipinski definition) is 2. The van der Waals surface area contributed by atoms with Gasteiger partial charge in [0.1, 0.15) is 5.60 Å². The molecule has 0 aromatic carbocycles. The number of aliphatic hydroxyl groups is 1. The highest BCUT2D eigenvalue weighted by molar-refractivity contribution is 5.22. The van der Waals surface area contributed by atoms with Crippen LogP contribution in [0.15, 0.2) is 11.6 Å². The van der Waals surface area contributed by atoms with E-state index in [1.807, 2.05) is 0 Å². The van der Waals surface area contributed by atoms with E-state index in [-0.39, 0.29) is 0 Å². The van der Waals surface area contributed by atoms with Gasteiger partial charge < -0.3 is 10.4 Å². The third-order valence-electron chi connectivity index (χ3n) is 3.22. The summed E-state index contributed by atoms with van der Waals surface area (Å²) in [7, 11) is 0.